The van der Waals surface area contributed by atoms with Gasteiger partial charge in [-0.3, -0.25) is 4.79 Å². The van der Waals surface area contributed by atoms with E-state index in [-0.39, 0.29) is 41.3 Å². The molecule has 10 heteroatoms. The molecule has 168 valence electrons. The highest BCUT2D eigenvalue weighted by Crippen LogP contribution is 2.27. The molecule has 0 spiro atoms. The second kappa shape index (κ2) is 10.8. The molecule has 8 nitrogen and oxygen atoms in total. The average molecular weight is 468 g/mol. The van der Waals surface area contributed by atoms with Gasteiger partial charge >= 0.3 is 0 Å². The third-order valence-corrected chi connectivity index (χ3v) is 6.67. The number of carbonyl (C=O) groups is 1. The first kappa shape index (κ1) is 23.3. The van der Waals surface area contributed by atoms with Gasteiger partial charge in [0.1, 0.15) is 5.75 Å². The number of carbonyl (C=O) groups excluding carboxylic acids is 1. The van der Waals surface area contributed by atoms with E-state index in [1.165, 1.54) is 25.3 Å². The number of halogens is 1. The van der Waals surface area contributed by atoms with Gasteiger partial charge in [0.25, 0.3) is 5.91 Å². The molecule has 1 aliphatic heterocycles. The van der Waals surface area contributed by atoms with Crippen LogP contribution in [0.2, 0.25) is 5.02 Å². The van der Waals surface area contributed by atoms with E-state index in [0.717, 1.165) is 18.8 Å². The molecule has 0 aromatic heterocycles. The number of benzene rings is 2. The smallest absolute Gasteiger partial charge is 0.260 e. The van der Waals surface area contributed by atoms with Crippen molar-refractivity contribution < 1.29 is 22.7 Å². The van der Waals surface area contributed by atoms with Crippen molar-refractivity contribution in [3.63, 3.8) is 0 Å². The largest absolute Gasteiger partial charge is 0.482 e. The Labute approximate surface area is 187 Å². The van der Waals surface area contributed by atoms with Crippen LogP contribution in [0.3, 0.4) is 0 Å². The van der Waals surface area contributed by atoms with E-state index in [4.69, 9.17) is 21.1 Å². The lowest BCUT2D eigenvalue weighted by molar-refractivity contribution is -0.133. The number of piperazine rings is 1. The van der Waals surface area contributed by atoms with Gasteiger partial charge in [-0.15, -0.1) is 0 Å². The standard InChI is InChI=1S/C21H26ClN3O5S/c1-29-14-9-23-31(27,28)18-7-8-20(19(22)15-18)30-16-21(26)25-12-10-24(11-13-25)17-5-3-2-4-6-17/h2-8,15,23H,9-14,16H2,1H3. The van der Waals surface area contributed by atoms with Gasteiger partial charge in [0.2, 0.25) is 10.0 Å². The topological polar surface area (TPSA) is 88.2 Å². The van der Waals surface area contributed by atoms with Crippen molar-refractivity contribution in [3.8, 4) is 5.75 Å². The number of anilines is 1. The summed E-state index contributed by atoms with van der Waals surface area (Å²) >= 11 is 6.18. The van der Waals surface area contributed by atoms with Crippen LogP contribution >= 0.6 is 11.6 Å². The monoisotopic (exact) mass is 467 g/mol. The lowest BCUT2D eigenvalue weighted by Crippen LogP contribution is -2.50. The number of rotatable bonds is 9. The molecule has 1 heterocycles. The Kier molecular flexibility index (Phi) is 8.14. The van der Waals surface area contributed by atoms with E-state index in [1.807, 2.05) is 18.2 Å². The van der Waals surface area contributed by atoms with Gasteiger partial charge in [-0.25, -0.2) is 13.1 Å². The van der Waals surface area contributed by atoms with Gasteiger partial charge in [0, 0.05) is 45.5 Å². The highest BCUT2D eigenvalue weighted by atomic mass is 35.5. The molecule has 3 rings (SSSR count). The van der Waals surface area contributed by atoms with Crippen molar-refractivity contribution in [2.24, 2.45) is 0 Å². The molecule has 1 fully saturated rings. The summed E-state index contributed by atoms with van der Waals surface area (Å²) in [5, 5.41) is 0.122. The van der Waals surface area contributed by atoms with Crippen molar-refractivity contribution >= 4 is 33.2 Å². The first-order valence-electron chi connectivity index (χ1n) is 9.89. The van der Waals surface area contributed by atoms with Gasteiger partial charge in [0.05, 0.1) is 16.5 Å². The number of nitrogens with zero attached hydrogens (tertiary/aromatic N) is 2. The Morgan fingerprint density at radius 2 is 1.81 bits per heavy atom. The van der Waals surface area contributed by atoms with E-state index < -0.39 is 10.0 Å². The Bertz CT molecular complexity index is 980. The Morgan fingerprint density at radius 1 is 1.10 bits per heavy atom. The zero-order valence-electron chi connectivity index (χ0n) is 17.3. The predicted octanol–water partition coefficient (Wildman–Crippen LogP) is 1.99. The molecule has 1 saturated heterocycles. The molecule has 0 unspecified atom stereocenters. The molecular formula is C21H26ClN3O5S. The predicted molar refractivity (Wildman–Crippen MR) is 119 cm³/mol. The van der Waals surface area contributed by atoms with Gasteiger partial charge in [-0.1, -0.05) is 29.8 Å². The van der Waals surface area contributed by atoms with Crippen LogP contribution in [0.15, 0.2) is 53.4 Å². The van der Waals surface area contributed by atoms with E-state index in [2.05, 4.69) is 21.8 Å². The molecule has 0 atom stereocenters. The molecule has 0 aliphatic carbocycles. The van der Waals surface area contributed by atoms with Crippen LogP contribution in [0.1, 0.15) is 0 Å². The molecule has 1 amide bonds. The van der Waals surface area contributed by atoms with Crippen molar-refractivity contribution in [2.45, 2.75) is 4.90 Å². The fourth-order valence-corrected chi connectivity index (χ4v) is 4.55. The maximum absolute atomic E-state index is 12.5. The number of ether oxygens (including phenoxy) is 2. The summed E-state index contributed by atoms with van der Waals surface area (Å²) in [4.78, 5) is 16.5. The van der Waals surface area contributed by atoms with Crippen molar-refractivity contribution in [2.75, 3.05) is 57.9 Å². The average Bonchev–Trinajstić information content (AvgIpc) is 2.79. The molecule has 2 aromatic rings. The van der Waals surface area contributed by atoms with Crippen LogP contribution < -0.4 is 14.4 Å². The lowest BCUT2D eigenvalue weighted by atomic mass is 10.2. The highest BCUT2D eigenvalue weighted by molar-refractivity contribution is 7.89. The van der Waals surface area contributed by atoms with Crippen LogP contribution in [0, 0.1) is 0 Å². The minimum absolute atomic E-state index is 0.0179. The van der Waals surface area contributed by atoms with Crippen LogP contribution in [0.25, 0.3) is 0 Å². The Morgan fingerprint density at radius 3 is 2.45 bits per heavy atom. The van der Waals surface area contributed by atoms with Crippen molar-refractivity contribution in [3.05, 3.63) is 53.6 Å². The van der Waals surface area contributed by atoms with Crippen LogP contribution in [-0.2, 0) is 19.6 Å². The second-order valence-electron chi connectivity index (χ2n) is 6.97. The number of sulfonamides is 1. The molecule has 0 saturated carbocycles. The molecule has 1 N–H and O–H groups in total. The highest BCUT2D eigenvalue weighted by Gasteiger charge is 2.22. The number of hydrogen-bond donors (Lipinski definition) is 1. The summed E-state index contributed by atoms with van der Waals surface area (Å²) in [6.07, 6.45) is 0. The summed E-state index contributed by atoms with van der Waals surface area (Å²) in [6.45, 7) is 2.96. The molecule has 0 bridgehead atoms. The summed E-state index contributed by atoms with van der Waals surface area (Å²) in [5.74, 6) is 0.121. The summed E-state index contributed by atoms with van der Waals surface area (Å²) in [5.41, 5.74) is 1.14. The Hall–Kier alpha value is -2.33. The lowest BCUT2D eigenvalue weighted by Gasteiger charge is -2.36. The Balaban J connectivity index is 1.51. The minimum atomic E-state index is -3.70. The van der Waals surface area contributed by atoms with Crippen molar-refractivity contribution in [1.29, 1.82) is 0 Å². The molecule has 1 aliphatic rings. The summed E-state index contributed by atoms with van der Waals surface area (Å²) in [6, 6.07) is 14.2. The quantitative estimate of drug-likeness (QED) is 0.567. The summed E-state index contributed by atoms with van der Waals surface area (Å²) in [7, 11) is -2.21. The first-order chi connectivity index (χ1) is 14.9. The van der Waals surface area contributed by atoms with E-state index >= 15 is 0 Å². The van der Waals surface area contributed by atoms with Crippen LogP contribution in [-0.4, -0.2) is 72.3 Å². The molecular weight excluding hydrogens is 442 g/mol. The zero-order chi connectivity index (χ0) is 22.3. The van der Waals surface area contributed by atoms with Crippen LogP contribution in [0.5, 0.6) is 5.75 Å². The van der Waals surface area contributed by atoms with Gasteiger partial charge < -0.3 is 19.3 Å². The van der Waals surface area contributed by atoms with Crippen molar-refractivity contribution in [1.82, 2.24) is 9.62 Å². The van der Waals surface area contributed by atoms with E-state index in [9.17, 15) is 13.2 Å². The van der Waals surface area contributed by atoms with Crippen LogP contribution in [0.4, 0.5) is 5.69 Å². The number of para-hydroxylation sites is 1. The second-order valence-corrected chi connectivity index (χ2v) is 9.15. The maximum atomic E-state index is 12.5. The van der Waals surface area contributed by atoms with Gasteiger partial charge in [0.15, 0.2) is 6.61 Å². The summed E-state index contributed by atoms with van der Waals surface area (Å²) < 4.78 is 37.3. The number of hydrogen-bond acceptors (Lipinski definition) is 6. The third-order valence-electron chi connectivity index (χ3n) is 4.92. The third kappa shape index (κ3) is 6.33. The fourth-order valence-electron chi connectivity index (χ4n) is 3.21. The fraction of sp³-hybridized carbons (Fsp3) is 0.381. The van der Waals surface area contributed by atoms with Gasteiger partial charge in [-0.2, -0.15) is 0 Å². The van der Waals surface area contributed by atoms with E-state index in [1.54, 1.807) is 4.90 Å². The molecule has 2 aromatic carbocycles. The minimum Gasteiger partial charge on any atom is -0.482 e. The van der Waals surface area contributed by atoms with E-state index in [0.29, 0.717) is 13.1 Å². The first-order valence-corrected chi connectivity index (χ1v) is 11.8. The number of methoxy groups -OCH3 is 1. The number of nitrogens with one attached hydrogen (secondary N) is 1. The number of amides is 1. The van der Waals surface area contributed by atoms with Gasteiger partial charge in [-0.05, 0) is 30.3 Å². The zero-order valence-corrected chi connectivity index (χ0v) is 18.9. The molecule has 31 heavy (non-hydrogen) atoms. The maximum Gasteiger partial charge on any atom is 0.260 e. The normalized spacial score (nSPS) is 14.5. The SMILES string of the molecule is COCCNS(=O)(=O)c1ccc(OCC(=O)N2CCN(c3ccccc3)CC2)c(Cl)c1. The molecule has 0 radical (unpaired) electrons.